The molecule has 2 heterocycles. The van der Waals surface area contributed by atoms with E-state index >= 15 is 0 Å². The molecule has 2 aliphatic heterocycles. The van der Waals surface area contributed by atoms with Crippen LogP contribution in [0, 0.1) is 17.8 Å². The van der Waals surface area contributed by atoms with Crippen LogP contribution in [0.25, 0.3) is 0 Å². The van der Waals surface area contributed by atoms with Crippen LogP contribution < -0.4 is 32.3 Å². The van der Waals surface area contributed by atoms with Crippen molar-refractivity contribution >= 4 is 11.8 Å². The minimum atomic E-state index is -0.127. The maximum atomic E-state index is 12.7. The molecule has 10 heteroatoms. The minimum absolute atomic E-state index is 0.102. The first-order valence-corrected chi connectivity index (χ1v) is 14.4. The number of nitrogens with one attached hydrogen (secondary N) is 6. The van der Waals surface area contributed by atoms with Crippen LogP contribution in [0.2, 0.25) is 0 Å². The number of hydrazine groups is 1. The van der Waals surface area contributed by atoms with Gasteiger partial charge in [-0.05, 0) is 76.5 Å². The molecule has 10 nitrogen and oxygen atoms in total. The normalized spacial score (nSPS) is 41.4. The standard InChI is InChI=1S/C26H46N6O4/c1-35-19-11-9-16(10-12-19)24-29-23(36-32-24)14-13-22(33)27-17-5-4-6-18(15-17)28-25-20-7-2-3-8-21(20)26(34)31-30-25/h16-21,23-25,28-30,32H,2-15H2,1H3,(H,27,33)(H,31,34). The number of rotatable bonds is 8. The van der Waals surface area contributed by atoms with E-state index in [2.05, 4.69) is 32.3 Å². The molecular weight excluding hydrogens is 460 g/mol. The SMILES string of the molecule is COC1CCC(C2NOC(CCC(=O)NC3CCCC(NC4NNC(=O)C5CCCCC45)C3)N2)CC1. The maximum Gasteiger partial charge on any atom is 0.237 e. The Kier molecular flexibility index (Phi) is 9.13. The first kappa shape index (κ1) is 26.3. The van der Waals surface area contributed by atoms with Gasteiger partial charge in [0, 0.05) is 37.5 Å². The Hall–Kier alpha value is -1.30. The van der Waals surface area contributed by atoms with Crippen molar-refractivity contribution in [2.45, 2.75) is 127 Å². The Labute approximate surface area is 215 Å². The summed E-state index contributed by atoms with van der Waals surface area (Å²) in [5.41, 5.74) is 9.27. The van der Waals surface area contributed by atoms with E-state index < -0.39 is 0 Å². The van der Waals surface area contributed by atoms with Gasteiger partial charge in [-0.15, -0.1) is 0 Å². The lowest BCUT2D eigenvalue weighted by Gasteiger charge is -2.43. The number of carbonyl (C=O) groups is 2. The second-order valence-corrected chi connectivity index (χ2v) is 11.6. The fourth-order valence-electron chi connectivity index (χ4n) is 7.14. The molecule has 0 radical (unpaired) electrons. The molecule has 5 aliphatic rings. The summed E-state index contributed by atoms with van der Waals surface area (Å²) in [5, 5.41) is 10.6. The van der Waals surface area contributed by atoms with Gasteiger partial charge in [0.25, 0.3) is 0 Å². The predicted octanol–water partition coefficient (Wildman–Crippen LogP) is 1.53. The lowest BCUT2D eigenvalue weighted by atomic mass is 9.75. The number of hydroxylamine groups is 1. The summed E-state index contributed by atoms with van der Waals surface area (Å²) in [6.07, 6.45) is 14.7. The molecule has 2 saturated heterocycles. The largest absolute Gasteiger partial charge is 0.381 e. The van der Waals surface area contributed by atoms with Gasteiger partial charge in [-0.25, -0.2) is 5.43 Å². The molecule has 3 saturated carbocycles. The quantitative estimate of drug-likeness (QED) is 0.293. The summed E-state index contributed by atoms with van der Waals surface area (Å²) in [7, 11) is 1.80. The van der Waals surface area contributed by atoms with Gasteiger partial charge in [-0.1, -0.05) is 12.8 Å². The minimum Gasteiger partial charge on any atom is -0.381 e. The van der Waals surface area contributed by atoms with Crippen LogP contribution in [0.1, 0.15) is 89.9 Å². The Balaban J connectivity index is 1.01. The summed E-state index contributed by atoms with van der Waals surface area (Å²) in [4.78, 5) is 30.7. The molecule has 5 rings (SSSR count). The summed E-state index contributed by atoms with van der Waals surface area (Å²) in [6.45, 7) is 0. The molecule has 36 heavy (non-hydrogen) atoms. The topological polar surface area (TPSA) is 125 Å². The van der Waals surface area contributed by atoms with Gasteiger partial charge in [0.15, 0.2) is 0 Å². The van der Waals surface area contributed by atoms with Gasteiger partial charge < -0.3 is 10.1 Å². The highest BCUT2D eigenvalue weighted by Gasteiger charge is 2.41. The zero-order valence-corrected chi connectivity index (χ0v) is 21.7. The lowest BCUT2D eigenvalue weighted by Crippen LogP contribution is -2.66. The third kappa shape index (κ3) is 6.57. The van der Waals surface area contributed by atoms with Gasteiger partial charge >= 0.3 is 0 Å². The molecule has 2 amide bonds. The lowest BCUT2D eigenvalue weighted by molar-refractivity contribution is -0.134. The summed E-state index contributed by atoms with van der Waals surface area (Å²) in [6, 6.07) is 0.542. The molecule has 0 aromatic heterocycles. The van der Waals surface area contributed by atoms with Crippen molar-refractivity contribution < 1.29 is 19.2 Å². The van der Waals surface area contributed by atoms with E-state index in [0.29, 0.717) is 36.8 Å². The van der Waals surface area contributed by atoms with Crippen molar-refractivity contribution in [3.8, 4) is 0 Å². The smallest absolute Gasteiger partial charge is 0.237 e. The molecule has 3 aliphatic carbocycles. The van der Waals surface area contributed by atoms with Gasteiger partial charge in [0.1, 0.15) is 6.23 Å². The monoisotopic (exact) mass is 506 g/mol. The molecule has 0 spiro atoms. The third-order valence-corrected chi connectivity index (χ3v) is 9.25. The van der Waals surface area contributed by atoms with Crippen molar-refractivity contribution in [2.24, 2.45) is 17.8 Å². The summed E-state index contributed by atoms with van der Waals surface area (Å²) < 4.78 is 5.48. The van der Waals surface area contributed by atoms with Gasteiger partial charge in [-0.3, -0.25) is 30.5 Å². The number of hydrogen-bond acceptors (Lipinski definition) is 8. The van der Waals surface area contributed by atoms with E-state index in [0.717, 1.165) is 70.6 Å². The van der Waals surface area contributed by atoms with E-state index in [1.54, 1.807) is 7.11 Å². The first-order chi connectivity index (χ1) is 17.6. The average Bonchev–Trinajstić information content (AvgIpc) is 3.39. The van der Waals surface area contributed by atoms with Crippen molar-refractivity contribution in [1.82, 2.24) is 32.3 Å². The van der Waals surface area contributed by atoms with Crippen molar-refractivity contribution in [1.29, 1.82) is 0 Å². The molecule has 0 aromatic carbocycles. The molecule has 5 fully saturated rings. The van der Waals surface area contributed by atoms with Crippen LogP contribution in [0.4, 0.5) is 0 Å². The van der Waals surface area contributed by atoms with E-state index in [9.17, 15) is 9.59 Å². The zero-order valence-electron chi connectivity index (χ0n) is 21.7. The molecule has 204 valence electrons. The van der Waals surface area contributed by atoms with Crippen molar-refractivity contribution in [2.75, 3.05) is 7.11 Å². The van der Waals surface area contributed by atoms with E-state index in [1.165, 1.54) is 6.42 Å². The van der Waals surface area contributed by atoms with Crippen LogP contribution in [0.5, 0.6) is 0 Å². The molecule has 7 unspecified atom stereocenters. The number of ether oxygens (including phenoxy) is 1. The van der Waals surface area contributed by atoms with Crippen LogP contribution in [-0.2, 0) is 19.2 Å². The fraction of sp³-hybridized carbons (Fsp3) is 0.923. The second-order valence-electron chi connectivity index (χ2n) is 11.6. The van der Waals surface area contributed by atoms with Gasteiger partial charge in [-0.2, -0.15) is 5.48 Å². The highest BCUT2D eigenvalue weighted by Crippen LogP contribution is 2.34. The summed E-state index contributed by atoms with van der Waals surface area (Å²) >= 11 is 0. The number of hydrogen-bond donors (Lipinski definition) is 6. The molecule has 0 aromatic rings. The third-order valence-electron chi connectivity index (χ3n) is 9.25. The van der Waals surface area contributed by atoms with Crippen LogP contribution in [-0.4, -0.2) is 55.7 Å². The highest BCUT2D eigenvalue weighted by molar-refractivity contribution is 5.79. The Morgan fingerprint density at radius 2 is 1.83 bits per heavy atom. The highest BCUT2D eigenvalue weighted by atomic mass is 16.7. The molecule has 0 bridgehead atoms. The van der Waals surface area contributed by atoms with E-state index in [4.69, 9.17) is 9.57 Å². The first-order valence-electron chi connectivity index (χ1n) is 14.4. The van der Waals surface area contributed by atoms with Gasteiger partial charge in [0.2, 0.25) is 11.8 Å². The zero-order chi connectivity index (χ0) is 24.9. The molecule has 7 atom stereocenters. The van der Waals surface area contributed by atoms with Crippen molar-refractivity contribution in [3.63, 3.8) is 0 Å². The van der Waals surface area contributed by atoms with E-state index in [-0.39, 0.29) is 42.3 Å². The van der Waals surface area contributed by atoms with Crippen molar-refractivity contribution in [3.05, 3.63) is 0 Å². The predicted molar refractivity (Wildman–Crippen MR) is 135 cm³/mol. The average molecular weight is 507 g/mol. The van der Waals surface area contributed by atoms with Crippen LogP contribution in [0.3, 0.4) is 0 Å². The Morgan fingerprint density at radius 1 is 1.03 bits per heavy atom. The Bertz CT molecular complexity index is 748. The Morgan fingerprint density at radius 3 is 2.67 bits per heavy atom. The van der Waals surface area contributed by atoms with E-state index in [1.807, 2.05) is 0 Å². The maximum absolute atomic E-state index is 12.7. The van der Waals surface area contributed by atoms with Crippen LogP contribution in [0.15, 0.2) is 0 Å². The van der Waals surface area contributed by atoms with Gasteiger partial charge in [0.05, 0.1) is 18.4 Å². The second kappa shape index (κ2) is 12.5. The summed E-state index contributed by atoms with van der Waals surface area (Å²) in [5.74, 6) is 1.27. The molecular formula is C26H46N6O4. The fourth-order valence-corrected chi connectivity index (χ4v) is 7.14. The molecule has 6 N–H and O–H groups in total. The number of methoxy groups -OCH3 is 1. The number of carbonyl (C=O) groups excluding carboxylic acids is 2. The number of fused-ring (bicyclic) bond motifs is 1. The van der Waals surface area contributed by atoms with Crippen LogP contribution >= 0.6 is 0 Å². The number of amides is 2.